The van der Waals surface area contributed by atoms with Crippen LogP contribution in [0.1, 0.15) is 11.3 Å². The highest BCUT2D eigenvalue weighted by Crippen LogP contribution is 2.21. The van der Waals surface area contributed by atoms with Crippen LogP contribution in [0.15, 0.2) is 42.6 Å². The highest BCUT2D eigenvalue weighted by Gasteiger charge is 2.09. The Hall–Kier alpha value is -2.05. The predicted octanol–water partition coefficient (Wildman–Crippen LogP) is 3.24. The van der Waals surface area contributed by atoms with Gasteiger partial charge in [-0.25, -0.2) is 4.98 Å². The first kappa shape index (κ1) is 12.4. The Morgan fingerprint density at radius 2 is 2.06 bits per heavy atom. The zero-order chi connectivity index (χ0) is 13.0. The first-order chi connectivity index (χ1) is 8.72. The number of halogens is 1. The maximum absolute atomic E-state index is 9.02. The fourth-order valence-electron chi connectivity index (χ4n) is 1.76. The monoisotopic (exact) mass is 257 g/mol. The summed E-state index contributed by atoms with van der Waals surface area (Å²) in [7, 11) is 1.92. The number of hydrogen-bond acceptors (Lipinski definition) is 3. The highest BCUT2D eigenvalue weighted by atomic mass is 35.5. The van der Waals surface area contributed by atoms with Gasteiger partial charge in [0.1, 0.15) is 6.07 Å². The van der Waals surface area contributed by atoms with Crippen LogP contribution < -0.4 is 4.90 Å². The van der Waals surface area contributed by atoms with Gasteiger partial charge in [-0.2, -0.15) is 5.26 Å². The van der Waals surface area contributed by atoms with Crippen LogP contribution in [0.5, 0.6) is 0 Å². The normalized spacial score (nSPS) is 9.83. The fraction of sp³-hybridized carbons (Fsp3) is 0.143. The minimum atomic E-state index is 0.423. The molecule has 0 atom stereocenters. The van der Waals surface area contributed by atoms with Gasteiger partial charge >= 0.3 is 0 Å². The Balaban J connectivity index is 2.26. The first-order valence-corrected chi connectivity index (χ1v) is 5.90. The molecule has 1 aromatic carbocycles. The van der Waals surface area contributed by atoms with E-state index < -0.39 is 0 Å². The van der Waals surface area contributed by atoms with Gasteiger partial charge in [-0.1, -0.05) is 29.8 Å². The minimum Gasteiger partial charge on any atom is -0.368 e. The quantitative estimate of drug-likeness (QED) is 0.847. The van der Waals surface area contributed by atoms with Gasteiger partial charge in [-0.15, -0.1) is 0 Å². The maximum atomic E-state index is 9.02. The summed E-state index contributed by atoms with van der Waals surface area (Å²) in [6.45, 7) is 0.639. The van der Waals surface area contributed by atoms with Crippen molar-refractivity contribution in [1.29, 1.82) is 5.26 Å². The molecule has 0 aliphatic carbocycles. The SMILES string of the molecule is CN(Cc1ccccc1Cl)c1cccnc1C#N. The standard InChI is InChI=1S/C14H12ClN3/c1-18(10-11-5-2-3-6-12(11)15)14-7-4-8-17-13(14)9-16/h2-8H,10H2,1H3. The van der Waals surface area contributed by atoms with Crippen molar-refractivity contribution in [3.63, 3.8) is 0 Å². The molecule has 0 unspecified atom stereocenters. The molecule has 2 aromatic rings. The summed E-state index contributed by atoms with van der Waals surface area (Å²) in [5.74, 6) is 0. The lowest BCUT2D eigenvalue weighted by Gasteiger charge is -2.20. The molecule has 4 heteroatoms. The van der Waals surface area contributed by atoms with Gasteiger partial charge in [0, 0.05) is 24.8 Å². The first-order valence-electron chi connectivity index (χ1n) is 5.52. The molecule has 0 saturated heterocycles. The second kappa shape index (κ2) is 5.52. The van der Waals surface area contributed by atoms with Crippen molar-refractivity contribution in [3.8, 4) is 6.07 Å². The molecule has 3 nitrogen and oxygen atoms in total. The van der Waals surface area contributed by atoms with Crippen molar-refractivity contribution in [2.75, 3.05) is 11.9 Å². The van der Waals surface area contributed by atoms with Gasteiger partial charge in [-0.05, 0) is 23.8 Å². The maximum Gasteiger partial charge on any atom is 0.163 e. The van der Waals surface area contributed by atoms with Gasteiger partial charge in [0.05, 0.1) is 5.69 Å². The van der Waals surface area contributed by atoms with E-state index in [1.807, 2.05) is 48.3 Å². The third kappa shape index (κ3) is 2.61. The van der Waals surface area contributed by atoms with Gasteiger partial charge in [0.2, 0.25) is 0 Å². The lowest BCUT2D eigenvalue weighted by Crippen LogP contribution is -2.18. The van der Waals surface area contributed by atoms with Gasteiger partial charge < -0.3 is 4.90 Å². The van der Waals surface area contributed by atoms with E-state index in [0.29, 0.717) is 12.2 Å². The van der Waals surface area contributed by atoms with E-state index in [2.05, 4.69) is 11.1 Å². The molecule has 0 bridgehead atoms. The zero-order valence-corrected chi connectivity index (χ0v) is 10.7. The largest absolute Gasteiger partial charge is 0.368 e. The lowest BCUT2D eigenvalue weighted by atomic mass is 10.2. The molecule has 0 aliphatic heterocycles. The van der Waals surface area contributed by atoms with E-state index in [-0.39, 0.29) is 0 Å². The third-order valence-electron chi connectivity index (χ3n) is 2.67. The van der Waals surface area contributed by atoms with Crippen LogP contribution in [-0.2, 0) is 6.54 Å². The summed E-state index contributed by atoms with van der Waals surface area (Å²) in [5, 5.41) is 9.75. The number of nitrogens with zero attached hydrogens (tertiary/aromatic N) is 3. The lowest BCUT2D eigenvalue weighted by molar-refractivity contribution is 0.914. The van der Waals surface area contributed by atoms with Gasteiger partial charge in [0.15, 0.2) is 5.69 Å². The Morgan fingerprint density at radius 1 is 1.28 bits per heavy atom. The van der Waals surface area contributed by atoms with Crippen LogP contribution in [0.3, 0.4) is 0 Å². The number of pyridine rings is 1. The summed E-state index contributed by atoms with van der Waals surface area (Å²) >= 11 is 6.12. The molecule has 0 amide bonds. The molecule has 0 fully saturated rings. The van der Waals surface area contributed by atoms with Crippen LogP contribution in [0.25, 0.3) is 0 Å². The van der Waals surface area contributed by atoms with Crippen molar-refractivity contribution in [3.05, 3.63) is 58.9 Å². The van der Waals surface area contributed by atoms with E-state index >= 15 is 0 Å². The van der Waals surface area contributed by atoms with Gasteiger partial charge in [-0.3, -0.25) is 0 Å². The van der Waals surface area contributed by atoms with Crippen molar-refractivity contribution in [2.24, 2.45) is 0 Å². The Morgan fingerprint density at radius 3 is 2.78 bits per heavy atom. The predicted molar refractivity (Wildman–Crippen MR) is 72.5 cm³/mol. The molecule has 18 heavy (non-hydrogen) atoms. The van der Waals surface area contributed by atoms with Gasteiger partial charge in [0.25, 0.3) is 0 Å². The van der Waals surface area contributed by atoms with Crippen molar-refractivity contribution in [1.82, 2.24) is 4.98 Å². The third-order valence-corrected chi connectivity index (χ3v) is 3.04. The second-order valence-corrected chi connectivity index (χ2v) is 4.34. The Bertz CT molecular complexity index is 590. The highest BCUT2D eigenvalue weighted by molar-refractivity contribution is 6.31. The molecule has 0 saturated carbocycles. The number of benzene rings is 1. The molecular weight excluding hydrogens is 246 g/mol. The minimum absolute atomic E-state index is 0.423. The molecule has 0 aliphatic rings. The molecule has 90 valence electrons. The van der Waals surface area contributed by atoms with E-state index in [1.165, 1.54) is 0 Å². The molecular formula is C14H12ClN3. The molecule has 2 rings (SSSR count). The van der Waals surface area contributed by atoms with E-state index in [1.54, 1.807) is 6.20 Å². The Labute approximate surface area is 111 Å². The van der Waals surface area contributed by atoms with Crippen molar-refractivity contribution in [2.45, 2.75) is 6.54 Å². The zero-order valence-electron chi connectivity index (χ0n) is 9.97. The molecule has 0 radical (unpaired) electrons. The van der Waals surface area contributed by atoms with Crippen LogP contribution in [0, 0.1) is 11.3 Å². The number of aromatic nitrogens is 1. The Kier molecular flexibility index (Phi) is 3.81. The van der Waals surface area contributed by atoms with Crippen LogP contribution in [-0.4, -0.2) is 12.0 Å². The summed E-state index contributed by atoms with van der Waals surface area (Å²) in [6, 6.07) is 13.5. The van der Waals surface area contributed by atoms with Crippen LogP contribution in [0.4, 0.5) is 5.69 Å². The average molecular weight is 258 g/mol. The fourth-order valence-corrected chi connectivity index (χ4v) is 1.95. The summed E-state index contributed by atoms with van der Waals surface area (Å²) in [5.41, 5.74) is 2.25. The van der Waals surface area contributed by atoms with E-state index in [9.17, 15) is 0 Å². The number of hydrogen-bond donors (Lipinski definition) is 0. The summed E-state index contributed by atoms with van der Waals surface area (Å²) < 4.78 is 0. The number of rotatable bonds is 3. The second-order valence-electron chi connectivity index (χ2n) is 3.93. The average Bonchev–Trinajstić information content (AvgIpc) is 2.41. The molecule has 1 heterocycles. The van der Waals surface area contributed by atoms with Crippen LogP contribution in [0.2, 0.25) is 5.02 Å². The number of anilines is 1. The number of nitriles is 1. The van der Waals surface area contributed by atoms with E-state index in [4.69, 9.17) is 16.9 Å². The van der Waals surface area contributed by atoms with Crippen molar-refractivity contribution >= 4 is 17.3 Å². The summed E-state index contributed by atoms with van der Waals surface area (Å²) in [6.07, 6.45) is 1.62. The smallest absolute Gasteiger partial charge is 0.163 e. The van der Waals surface area contributed by atoms with Crippen LogP contribution >= 0.6 is 11.6 Å². The van der Waals surface area contributed by atoms with E-state index in [0.717, 1.165) is 16.3 Å². The molecule has 1 aromatic heterocycles. The topological polar surface area (TPSA) is 39.9 Å². The molecule has 0 N–H and O–H groups in total. The molecule has 0 spiro atoms. The van der Waals surface area contributed by atoms with Crippen molar-refractivity contribution < 1.29 is 0 Å². The summed E-state index contributed by atoms with van der Waals surface area (Å²) in [4.78, 5) is 6.01.